The molecule has 2 rings (SSSR count). The van der Waals surface area contributed by atoms with Gasteiger partial charge in [-0.05, 0) is 18.6 Å². The molecule has 1 amide bonds. The Labute approximate surface area is 112 Å². The van der Waals surface area contributed by atoms with Crippen LogP contribution in [-0.4, -0.2) is 29.3 Å². The molecule has 1 heterocycles. The van der Waals surface area contributed by atoms with Crippen LogP contribution in [0.25, 0.3) is 5.69 Å². The van der Waals surface area contributed by atoms with Gasteiger partial charge in [-0.25, -0.2) is 4.68 Å². The highest BCUT2D eigenvalue weighted by atomic mass is 16.5. The summed E-state index contributed by atoms with van der Waals surface area (Å²) in [6.07, 6.45) is 2.59. The fourth-order valence-corrected chi connectivity index (χ4v) is 1.70. The number of carbonyl (C=O) groups excluding carboxylic acids is 1. The first-order valence-corrected chi connectivity index (χ1v) is 6.23. The average Bonchev–Trinajstić information content (AvgIpc) is 2.90. The molecule has 0 aliphatic heterocycles. The number of benzene rings is 1. The van der Waals surface area contributed by atoms with Crippen LogP contribution in [0.3, 0.4) is 0 Å². The summed E-state index contributed by atoms with van der Waals surface area (Å²) in [5.41, 5.74) is 1.19. The van der Waals surface area contributed by atoms with Crippen molar-refractivity contribution in [2.75, 3.05) is 13.7 Å². The Balaban J connectivity index is 2.30. The van der Waals surface area contributed by atoms with Gasteiger partial charge in [0.15, 0.2) is 11.4 Å². The lowest BCUT2D eigenvalue weighted by Gasteiger charge is -2.02. The maximum absolute atomic E-state index is 12.0. The maximum atomic E-state index is 12.0. The molecule has 1 N–H and O–H groups in total. The van der Waals surface area contributed by atoms with Crippen LogP contribution in [0.4, 0.5) is 0 Å². The minimum atomic E-state index is -0.214. The van der Waals surface area contributed by atoms with E-state index in [4.69, 9.17) is 4.74 Å². The minimum Gasteiger partial charge on any atom is -0.493 e. The van der Waals surface area contributed by atoms with Crippen LogP contribution in [0.1, 0.15) is 23.8 Å². The summed E-state index contributed by atoms with van der Waals surface area (Å²) in [6, 6.07) is 9.60. The zero-order chi connectivity index (χ0) is 13.7. The van der Waals surface area contributed by atoms with Crippen molar-refractivity contribution < 1.29 is 9.53 Å². The van der Waals surface area contributed by atoms with Crippen molar-refractivity contribution in [1.29, 1.82) is 0 Å². The summed E-state index contributed by atoms with van der Waals surface area (Å²) in [5, 5.41) is 7.08. The topological polar surface area (TPSA) is 56.2 Å². The number of amides is 1. The lowest BCUT2D eigenvalue weighted by atomic mass is 10.3. The van der Waals surface area contributed by atoms with Crippen LogP contribution in [0.2, 0.25) is 0 Å². The highest BCUT2D eigenvalue weighted by Gasteiger charge is 2.17. The molecule has 0 fully saturated rings. The van der Waals surface area contributed by atoms with Crippen LogP contribution >= 0.6 is 0 Å². The summed E-state index contributed by atoms with van der Waals surface area (Å²) in [6.45, 7) is 2.63. The van der Waals surface area contributed by atoms with Gasteiger partial charge in [0, 0.05) is 6.54 Å². The smallest absolute Gasteiger partial charge is 0.275 e. The van der Waals surface area contributed by atoms with Gasteiger partial charge in [-0.2, -0.15) is 5.10 Å². The Kier molecular flexibility index (Phi) is 4.18. The third-order valence-corrected chi connectivity index (χ3v) is 2.67. The van der Waals surface area contributed by atoms with Gasteiger partial charge in [-0.3, -0.25) is 4.79 Å². The molecule has 2 aromatic rings. The summed E-state index contributed by atoms with van der Waals surface area (Å²) in [4.78, 5) is 12.0. The van der Waals surface area contributed by atoms with E-state index in [1.165, 1.54) is 7.11 Å². The monoisotopic (exact) mass is 259 g/mol. The number of carbonyl (C=O) groups is 1. The van der Waals surface area contributed by atoms with Gasteiger partial charge in [0.2, 0.25) is 0 Å². The second-order valence-electron chi connectivity index (χ2n) is 4.08. The molecule has 1 aromatic heterocycles. The number of nitrogens with one attached hydrogen (secondary N) is 1. The Morgan fingerprint density at radius 2 is 2.11 bits per heavy atom. The predicted molar refractivity (Wildman–Crippen MR) is 72.7 cm³/mol. The number of aromatic nitrogens is 2. The van der Waals surface area contributed by atoms with E-state index in [0.29, 0.717) is 18.0 Å². The Bertz CT molecular complexity index is 549. The van der Waals surface area contributed by atoms with Crippen molar-refractivity contribution in [3.8, 4) is 11.4 Å². The van der Waals surface area contributed by atoms with Gasteiger partial charge < -0.3 is 10.1 Å². The molecule has 5 nitrogen and oxygen atoms in total. The number of para-hydroxylation sites is 1. The Morgan fingerprint density at radius 3 is 2.74 bits per heavy atom. The van der Waals surface area contributed by atoms with E-state index in [1.807, 2.05) is 37.3 Å². The summed E-state index contributed by atoms with van der Waals surface area (Å²) >= 11 is 0. The van der Waals surface area contributed by atoms with Crippen LogP contribution in [0, 0.1) is 0 Å². The molecular weight excluding hydrogens is 242 g/mol. The van der Waals surface area contributed by atoms with E-state index in [-0.39, 0.29) is 5.91 Å². The number of nitrogens with zero attached hydrogens (tertiary/aromatic N) is 2. The summed E-state index contributed by atoms with van der Waals surface area (Å²) in [7, 11) is 1.53. The van der Waals surface area contributed by atoms with Crippen molar-refractivity contribution in [2.24, 2.45) is 0 Å². The molecule has 1 aromatic carbocycles. The van der Waals surface area contributed by atoms with Gasteiger partial charge in [0.05, 0.1) is 19.0 Å². The first kappa shape index (κ1) is 13.1. The van der Waals surface area contributed by atoms with Gasteiger partial charge >= 0.3 is 0 Å². The lowest BCUT2D eigenvalue weighted by Crippen LogP contribution is -2.25. The number of hydrogen-bond donors (Lipinski definition) is 1. The zero-order valence-corrected chi connectivity index (χ0v) is 11.1. The fraction of sp³-hybridized carbons (Fsp3) is 0.286. The molecule has 0 spiro atoms. The third-order valence-electron chi connectivity index (χ3n) is 2.67. The van der Waals surface area contributed by atoms with Gasteiger partial charge in [0.25, 0.3) is 5.91 Å². The molecule has 0 bridgehead atoms. The van der Waals surface area contributed by atoms with Crippen molar-refractivity contribution in [3.63, 3.8) is 0 Å². The average molecular weight is 259 g/mol. The molecule has 0 unspecified atom stereocenters. The van der Waals surface area contributed by atoms with Crippen molar-refractivity contribution in [3.05, 3.63) is 42.2 Å². The van der Waals surface area contributed by atoms with Crippen LogP contribution in [0.15, 0.2) is 36.5 Å². The lowest BCUT2D eigenvalue weighted by molar-refractivity contribution is 0.0945. The highest BCUT2D eigenvalue weighted by molar-refractivity contribution is 5.94. The van der Waals surface area contributed by atoms with E-state index in [2.05, 4.69) is 10.4 Å². The number of rotatable bonds is 5. The van der Waals surface area contributed by atoms with Crippen LogP contribution < -0.4 is 10.1 Å². The van der Waals surface area contributed by atoms with E-state index < -0.39 is 0 Å². The summed E-state index contributed by atoms with van der Waals surface area (Å²) in [5.74, 6) is 0.255. The predicted octanol–water partition coefficient (Wildman–Crippen LogP) is 2.02. The molecule has 0 saturated carbocycles. The second-order valence-corrected chi connectivity index (χ2v) is 4.08. The van der Waals surface area contributed by atoms with Crippen molar-refractivity contribution in [1.82, 2.24) is 15.1 Å². The molecule has 0 aliphatic rings. The van der Waals surface area contributed by atoms with Crippen LogP contribution in [0.5, 0.6) is 5.75 Å². The largest absolute Gasteiger partial charge is 0.493 e. The zero-order valence-electron chi connectivity index (χ0n) is 11.1. The minimum absolute atomic E-state index is 0.214. The fourth-order valence-electron chi connectivity index (χ4n) is 1.70. The number of methoxy groups -OCH3 is 1. The third kappa shape index (κ3) is 2.93. The number of ether oxygens (including phenoxy) is 1. The summed E-state index contributed by atoms with van der Waals surface area (Å²) < 4.78 is 6.84. The van der Waals surface area contributed by atoms with Gasteiger partial charge in [-0.1, -0.05) is 25.1 Å². The molecule has 0 aliphatic carbocycles. The first-order valence-electron chi connectivity index (χ1n) is 6.23. The second kappa shape index (κ2) is 6.04. The Hall–Kier alpha value is -2.30. The molecular formula is C14H17N3O2. The standard InChI is InChI=1S/C14H17N3O2/c1-3-9-15-14(18)13-12(19-2)10-17(16-13)11-7-5-4-6-8-11/h4-8,10H,3,9H2,1-2H3,(H,15,18). The van der Waals surface area contributed by atoms with Gasteiger partial charge in [-0.15, -0.1) is 0 Å². The van der Waals surface area contributed by atoms with E-state index in [0.717, 1.165) is 12.1 Å². The molecule has 5 heteroatoms. The Morgan fingerprint density at radius 1 is 1.37 bits per heavy atom. The maximum Gasteiger partial charge on any atom is 0.275 e. The highest BCUT2D eigenvalue weighted by Crippen LogP contribution is 2.19. The van der Waals surface area contributed by atoms with E-state index in [1.54, 1.807) is 10.9 Å². The molecule has 0 saturated heterocycles. The van der Waals surface area contributed by atoms with Gasteiger partial charge in [0.1, 0.15) is 0 Å². The molecule has 100 valence electrons. The van der Waals surface area contributed by atoms with E-state index in [9.17, 15) is 4.79 Å². The number of hydrogen-bond acceptors (Lipinski definition) is 3. The molecule has 0 radical (unpaired) electrons. The molecule has 0 atom stereocenters. The SMILES string of the molecule is CCCNC(=O)c1nn(-c2ccccc2)cc1OC. The molecule has 19 heavy (non-hydrogen) atoms. The van der Waals surface area contributed by atoms with Crippen LogP contribution in [-0.2, 0) is 0 Å². The van der Waals surface area contributed by atoms with E-state index >= 15 is 0 Å². The van der Waals surface area contributed by atoms with Crippen molar-refractivity contribution >= 4 is 5.91 Å². The quantitative estimate of drug-likeness (QED) is 0.893. The first-order chi connectivity index (χ1) is 9.26. The normalized spacial score (nSPS) is 10.2. The van der Waals surface area contributed by atoms with Crippen molar-refractivity contribution in [2.45, 2.75) is 13.3 Å².